The summed E-state index contributed by atoms with van der Waals surface area (Å²) in [6.45, 7) is 3.09. The van der Waals surface area contributed by atoms with Gasteiger partial charge in [-0.1, -0.05) is 25.1 Å². The smallest absolute Gasteiger partial charge is 0.224 e. The van der Waals surface area contributed by atoms with Crippen LogP contribution in [0, 0.1) is 0 Å². The minimum Gasteiger partial charge on any atom is -0.491 e. The molecular formula is C24H27FN2O4. The van der Waals surface area contributed by atoms with E-state index in [9.17, 15) is 9.18 Å². The number of nitrogens with zero attached hydrogens (tertiary/aromatic N) is 1. The molecule has 6 nitrogen and oxygen atoms in total. The molecule has 0 fully saturated rings. The van der Waals surface area contributed by atoms with E-state index >= 15 is 0 Å². The molecule has 2 aromatic carbocycles. The maximum Gasteiger partial charge on any atom is 0.224 e. The highest BCUT2D eigenvalue weighted by atomic mass is 19.1. The summed E-state index contributed by atoms with van der Waals surface area (Å²) >= 11 is 0. The fourth-order valence-corrected chi connectivity index (χ4v) is 2.92. The Balaban J connectivity index is 1.54. The molecule has 1 aromatic heterocycles. The molecule has 3 aromatic rings. The Morgan fingerprint density at radius 2 is 1.68 bits per heavy atom. The zero-order valence-electron chi connectivity index (χ0n) is 17.6. The molecule has 164 valence electrons. The summed E-state index contributed by atoms with van der Waals surface area (Å²) in [5, 5.41) is 3.82. The molecule has 0 saturated carbocycles. The van der Waals surface area contributed by atoms with Crippen LogP contribution >= 0.6 is 0 Å². The van der Waals surface area contributed by atoms with E-state index in [2.05, 4.69) is 5.32 Å². The van der Waals surface area contributed by atoms with Crippen LogP contribution in [0.4, 0.5) is 10.1 Å². The molecule has 0 aliphatic rings. The summed E-state index contributed by atoms with van der Waals surface area (Å²) in [6.07, 6.45) is 0.448. The van der Waals surface area contributed by atoms with Gasteiger partial charge < -0.3 is 19.5 Å². The van der Waals surface area contributed by atoms with Crippen LogP contribution in [-0.2, 0) is 14.3 Å². The van der Waals surface area contributed by atoms with E-state index in [4.69, 9.17) is 19.2 Å². The van der Waals surface area contributed by atoms with Crippen molar-refractivity contribution in [2.75, 3.05) is 45.0 Å². The van der Waals surface area contributed by atoms with E-state index in [1.807, 2.05) is 61.5 Å². The number of nitrogens with one attached hydrogen (secondary N) is 1. The lowest BCUT2D eigenvalue weighted by atomic mass is 10.1. The maximum atomic E-state index is 11.9. The van der Waals surface area contributed by atoms with Crippen LogP contribution in [0.3, 0.4) is 0 Å². The highest BCUT2D eigenvalue weighted by Gasteiger charge is 2.05. The Bertz CT molecular complexity index is 979. The summed E-state index contributed by atoms with van der Waals surface area (Å²) in [6, 6.07) is 17.4. The average Bonchev–Trinajstić information content (AvgIpc) is 2.81. The molecule has 0 bridgehead atoms. The monoisotopic (exact) mass is 426 g/mol. The quantitative estimate of drug-likeness (QED) is 0.428. The first-order valence-corrected chi connectivity index (χ1v) is 10.3. The van der Waals surface area contributed by atoms with Crippen LogP contribution in [0.2, 0.25) is 0 Å². The van der Waals surface area contributed by atoms with Crippen molar-refractivity contribution in [2.24, 2.45) is 0 Å². The number of hydrogen-bond acceptors (Lipinski definition) is 5. The first kappa shape index (κ1) is 22.7. The SMILES string of the molecule is CCC(=O)Nc1ccc(-c2ccc3cc(OCCOCCOCCF)ccc3n2)cc1. The second-order valence-corrected chi connectivity index (χ2v) is 6.79. The van der Waals surface area contributed by atoms with Crippen LogP contribution < -0.4 is 10.1 Å². The molecule has 1 amide bonds. The van der Waals surface area contributed by atoms with Gasteiger partial charge in [0.2, 0.25) is 5.91 Å². The van der Waals surface area contributed by atoms with Gasteiger partial charge in [0.25, 0.3) is 0 Å². The van der Waals surface area contributed by atoms with Crippen molar-refractivity contribution in [1.29, 1.82) is 0 Å². The van der Waals surface area contributed by atoms with E-state index in [1.54, 1.807) is 0 Å². The standard InChI is InChI=1S/C24H27FN2O4/c1-2-24(28)26-20-6-3-18(4-7-20)22-9-5-19-17-21(8-10-23(19)27-22)31-16-15-30-14-13-29-12-11-25/h3-10,17H,2,11-16H2,1H3,(H,26,28). The molecule has 3 rings (SSSR count). The highest BCUT2D eigenvalue weighted by Crippen LogP contribution is 2.25. The number of aromatic nitrogens is 1. The fourth-order valence-electron chi connectivity index (χ4n) is 2.92. The number of amides is 1. The molecule has 0 saturated heterocycles. The second kappa shape index (κ2) is 12.0. The summed E-state index contributed by atoms with van der Waals surface area (Å²) in [5.41, 5.74) is 3.48. The summed E-state index contributed by atoms with van der Waals surface area (Å²) in [5.74, 6) is 0.735. The molecule has 0 radical (unpaired) electrons. The normalized spacial score (nSPS) is 10.9. The van der Waals surface area contributed by atoms with E-state index in [1.165, 1.54) is 0 Å². The second-order valence-electron chi connectivity index (χ2n) is 6.79. The van der Waals surface area contributed by atoms with Gasteiger partial charge in [-0.05, 0) is 36.4 Å². The number of alkyl halides is 1. The van der Waals surface area contributed by atoms with Crippen LogP contribution in [-0.4, -0.2) is 50.6 Å². The minimum atomic E-state index is -0.480. The van der Waals surface area contributed by atoms with Crippen molar-refractivity contribution < 1.29 is 23.4 Å². The zero-order chi connectivity index (χ0) is 21.9. The van der Waals surface area contributed by atoms with Gasteiger partial charge in [0.05, 0.1) is 37.6 Å². The van der Waals surface area contributed by atoms with Gasteiger partial charge in [0.1, 0.15) is 19.0 Å². The number of rotatable bonds is 12. The number of carbonyl (C=O) groups excluding carboxylic acids is 1. The lowest BCUT2D eigenvalue weighted by Gasteiger charge is -2.09. The maximum absolute atomic E-state index is 11.9. The molecule has 1 heterocycles. The van der Waals surface area contributed by atoms with Gasteiger partial charge in [-0.3, -0.25) is 4.79 Å². The van der Waals surface area contributed by atoms with Gasteiger partial charge in [0, 0.05) is 23.1 Å². The largest absolute Gasteiger partial charge is 0.491 e. The van der Waals surface area contributed by atoms with Crippen molar-refractivity contribution in [3.8, 4) is 17.0 Å². The molecule has 0 spiro atoms. The first-order valence-electron chi connectivity index (χ1n) is 10.3. The predicted molar refractivity (Wildman–Crippen MR) is 119 cm³/mol. The van der Waals surface area contributed by atoms with Crippen LogP contribution in [0.5, 0.6) is 5.75 Å². The van der Waals surface area contributed by atoms with E-state index < -0.39 is 6.67 Å². The third-order valence-corrected chi connectivity index (χ3v) is 4.54. The Morgan fingerprint density at radius 1 is 0.935 bits per heavy atom. The van der Waals surface area contributed by atoms with Gasteiger partial charge >= 0.3 is 0 Å². The summed E-state index contributed by atoms with van der Waals surface area (Å²) in [4.78, 5) is 16.2. The molecule has 7 heteroatoms. The first-order chi connectivity index (χ1) is 15.2. The van der Waals surface area contributed by atoms with E-state index in [-0.39, 0.29) is 12.5 Å². The van der Waals surface area contributed by atoms with Gasteiger partial charge in [-0.25, -0.2) is 9.37 Å². The number of hydrogen-bond donors (Lipinski definition) is 1. The average molecular weight is 426 g/mol. The molecule has 1 N–H and O–H groups in total. The number of benzene rings is 2. The van der Waals surface area contributed by atoms with Crippen molar-refractivity contribution in [3.05, 3.63) is 54.6 Å². The molecule has 0 unspecified atom stereocenters. The third kappa shape index (κ3) is 7.01. The van der Waals surface area contributed by atoms with Crippen LogP contribution in [0.1, 0.15) is 13.3 Å². The van der Waals surface area contributed by atoms with Crippen molar-refractivity contribution in [3.63, 3.8) is 0 Å². The summed E-state index contributed by atoms with van der Waals surface area (Å²) in [7, 11) is 0. The number of ether oxygens (including phenoxy) is 3. The number of halogens is 1. The number of pyridine rings is 1. The van der Waals surface area contributed by atoms with Crippen LogP contribution in [0.25, 0.3) is 22.2 Å². The topological polar surface area (TPSA) is 69.7 Å². The number of fused-ring (bicyclic) bond motifs is 1. The lowest BCUT2D eigenvalue weighted by molar-refractivity contribution is -0.115. The predicted octanol–water partition coefficient (Wildman–Crippen LogP) is 4.63. The summed E-state index contributed by atoms with van der Waals surface area (Å²) < 4.78 is 28.0. The zero-order valence-corrected chi connectivity index (χ0v) is 17.6. The molecule has 31 heavy (non-hydrogen) atoms. The van der Waals surface area contributed by atoms with Crippen molar-refractivity contribution in [2.45, 2.75) is 13.3 Å². The Hall–Kier alpha value is -3.03. The fraction of sp³-hybridized carbons (Fsp3) is 0.333. The van der Waals surface area contributed by atoms with E-state index in [0.717, 1.165) is 33.6 Å². The molecular weight excluding hydrogens is 399 g/mol. The third-order valence-electron chi connectivity index (χ3n) is 4.54. The van der Waals surface area contributed by atoms with E-state index in [0.29, 0.717) is 32.8 Å². The number of carbonyl (C=O) groups is 1. The van der Waals surface area contributed by atoms with Crippen molar-refractivity contribution in [1.82, 2.24) is 4.98 Å². The molecule has 0 atom stereocenters. The Morgan fingerprint density at radius 3 is 2.42 bits per heavy atom. The highest BCUT2D eigenvalue weighted by molar-refractivity contribution is 5.90. The lowest BCUT2D eigenvalue weighted by Crippen LogP contribution is -2.11. The minimum absolute atomic E-state index is 0.0104. The number of anilines is 1. The van der Waals surface area contributed by atoms with Gasteiger partial charge in [-0.15, -0.1) is 0 Å². The van der Waals surface area contributed by atoms with Gasteiger partial charge in [0.15, 0.2) is 0 Å². The Kier molecular flexibility index (Phi) is 8.75. The molecule has 0 aliphatic carbocycles. The Labute approximate surface area is 181 Å². The van der Waals surface area contributed by atoms with Crippen molar-refractivity contribution >= 4 is 22.5 Å². The molecule has 0 aliphatic heterocycles. The van der Waals surface area contributed by atoms with Gasteiger partial charge in [-0.2, -0.15) is 0 Å². The van der Waals surface area contributed by atoms with Crippen LogP contribution in [0.15, 0.2) is 54.6 Å².